The minimum atomic E-state index is -0.0249. The summed E-state index contributed by atoms with van der Waals surface area (Å²) in [7, 11) is 0. The number of amides is 2. The number of carbonyl (C=O) groups is 2. The second kappa shape index (κ2) is 7.32. The molecule has 4 rings (SSSR count). The molecule has 0 saturated carbocycles. The summed E-state index contributed by atoms with van der Waals surface area (Å²) >= 11 is 0. The fraction of sp³-hybridized carbons (Fsp3) is 0.364. The van der Waals surface area contributed by atoms with E-state index in [0.29, 0.717) is 18.7 Å². The Morgan fingerprint density at radius 1 is 0.923 bits per heavy atom. The molecule has 2 aliphatic rings. The SMILES string of the molecule is O=C(Nc1ccc2c(c1)CCC2)C1CCN(C(=O)c2ccccc2)CC1. The van der Waals surface area contributed by atoms with Gasteiger partial charge in [-0.2, -0.15) is 0 Å². The zero-order chi connectivity index (χ0) is 17.9. The van der Waals surface area contributed by atoms with E-state index in [-0.39, 0.29) is 17.7 Å². The molecule has 26 heavy (non-hydrogen) atoms. The van der Waals surface area contributed by atoms with Crippen LogP contribution in [-0.2, 0) is 17.6 Å². The first-order chi connectivity index (χ1) is 12.7. The highest BCUT2D eigenvalue weighted by molar-refractivity contribution is 5.95. The Morgan fingerprint density at radius 3 is 2.42 bits per heavy atom. The third-order valence-electron chi connectivity index (χ3n) is 5.54. The highest BCUT2D eigenvalue weighted by Crippen LogP contribution is 2.26. The number of hydrogen-bond acceptors (Lipinski definition) is 2. The van der Waals surface area contributed by atoms with Gasteiger partial charge in [0.15, 0.2) is 0 Å². The predicted octanol–water partition coefficient (Wildman–Crippen LogP) is 3.67. The topological polar surface area (TPSA) is 49.4 Å². The minimum absolute atomic E-state index is 0.0249. The Bertz CT molecular complexity index is 808. The van der Waals surface area contributed by atoms with Crippen molar-refractivity contribution in [3.05, 3.63) is 65.2 Å². The van der Waals surface area contributed by atoms with Gasteiger partial charge in [-0.1, -0.05) is 24.3 Å². The molecule has 2 amide bonds. The number of benzene rings is 2. The highest BCUT2D eigenvalue weighted by atomic mass is 16.2. The lowest BCUT2D eigenvalue weighted by Crippen LogP contribution is -2.41. The molecule has 134 valence electrons. The Labute approximate surface area is 154 Å². The van der Waals surface area contributed by atoms with Gasteiger partial charge in [0.25, 0.3) is 5.91 Å². The molecule has 0 spiro atoms. The minimum Gasteiger partial charge on any atom is -0.339 e. The van der Waals surface area contributed by atoms with E-state index < -0.39 is 0 Å². The van der Waals surface area contributed by atoms with Crippen LogP contribution in [0.1, 0.15) is 40.7 Å². The van der Waals surface area contributed by atoms with Crippen molar-refractivity contribution >= 4 is 17.5 Å². The summed E-state index contributed by atoms with van der Waals surface area (Å²) < 4.78 is 0. The second-order valence-electron chi connectivity index (χ2n) is 7.26. The monoisotopic (exact) mass is 348 g/mol. The van der Waals surface area contributed by atoms with Crippen LogP contribution in [0.25, 0.3) is 0 Å². The molecule has 0 unspecified atom stereocenters. The second-order valence-corrected chi connectivity index (χ2v) is 7.26. The van der Waals surface area contributed by atoms with E-state index in [1.807, 2.05) is 41.3 Å². The van der Waals surface area contributed by atoms with Gasteiger partial charge in [-0.3, -0.25) is 9.59 Å². The summed E-state index contributed by atoms with van der Waals surface area (Å²) in [5.41, 5.74) is 4.40. The first-order valence-electron chi connectivity index (χ1n) is 9.48. The van der Waals surface area contributed by atoms with E-state index in [1.54, 1.807) is 0 Å². The number of fused-ring (bicyclic) bond motifs is 1. The number of nitrogens with one attached hydrogen (secondary N) is 1. The molecule has 0 bridgehead atoms. The van der Waals surface area contributed by atoms with Crippen LogP contribution in [0.3, 0.4) is 0 Å². The summed E-state index contributed by atoms with van der Waals surface area (Å²) in [6.07, 6.45) is 4.90. The Kier molecular flexibility index (Phi) is 4.74. The van der Waals surface area contributed by atoms with Crippen molar-refractivity contribution in [1.29, 1.82) is 0 Å². The van der Waals surface area contributed by atoms with Gasteiger partial charge in [-0.15, -0.1) is 0 Å². The molecule has 0 aromatic heterocycles. The van der Waals surface area contributed by atoms with Gasteiger partial charge < -0.3 is 10.2 Å². The number of carbonyl (C=O) groups excluding carboxylic acids is 2. The van der Waals surface area contributed by atoms with Gasteiger partial charge in [0.2, 0.25) is 5.91 Å². The van der Waals surface area contributed by atoms with Crippen molar-refractivity contribution < 1.29 is 9.59 Å². The first-order valence-corrected chi connectivity index (χ1v) is 9.48. The zero-order valence-electron chi connectivity index (χ0n) is 14.9. The summed E-state index contributed by atoms with van der Waals surface area (Å²) in [5, 5.41) is 3.07. The van der Waals surface area contributed by atoms with Gasteiger partial charge in [0.1, 0.15) is 0 Å². The molecule has 2 aromatic rings. The average molecular weight is 348 g/mol. The third kappa shape index (κ3) is 3.50. The van der Waals surface area contributed by atoms with E-state index in [2.05, 4.69) is 17.4 Å². The van der Waals surface area contributed by atoms with Crippen LogP contribution in [0.5, 0.6) is 0 Å². The molecule has 0 atom stereocenters. The molecule has 4 nitrogen and oxygen atoms in total. The number of rotatable bonds is 3. The van der Waals surface area contributed by atoms with Crippen LogP contribution < -0.4 is 5.32 Å². The van der Waals surface area contributed by atoms with Gasteiger partial charge in [0.05, 0.1) is 0 Å². The lowest BCUT2D eigenvalue weighted by Gasteiger charge is -2.31. The van der Waals surface area contributed by atoms with Gasteiger partial charge in [-0.05, 0) is 67.5 Å². The Balaban J connectivity index is 1.33. The van der Waals surface area contributed by atoms with Crippen molar-refractivity contribution in [1.82, 2.24) is 4.90 Å². The summed E-state index contributed by atoms with van der Waals surface area (Å²) in [6, 6.07) is 15.6. The molecule has 1 saturated heterocycles. The van der Waals surface area contributed by atoms with Crippen molar-refractivity contribution in [3.63, 3.8) is 0 Å². The molecular weight excluding hydrogens is 324 g/mol. The molecule has 1 aliphatic carbocycles. The smallest absolute Gasteiger partial charge is 0.253 e. The third-order valence-corrected chi connectivity index (χ3v) is 5.54. The lowest BCUT2D eigenvalue weighted by molar-refractivity contribution is -0.121. The fourth-order valence-electron chi connectivity index (χ4n) is 4.00. The number of hydrogen-bond donors (Lipinski definition) is 1. The van der Waals surface area contributed by atoms with Crippen molar-refractivity contribution in [3.8, 4) is 0 Å². The highest BCUT2D eigenvalue weighted by Gasteiger charge is 2.28. The maximum atomic E-state index is 12.6. The van der Waals surface area contributed by atoms with Crippen molar-refractivity contribution in [2.24, 2.45) is 5.92 Å². The summed E-state index contributed by atoms with van der Waals surface area (Å²) in [5.74, 6) is 0.112. The molecule has 2 aromatic carbocycles. The summed E-state index contributed by atoms with van der Waals surface area (Å²) in [4.78, 5) is 27.0. The van der Waals surface area contributed by atoms with Crippen LogP contribution in [-0.4, -0.2) is 29.8 Å². The molecule has 1 N–H and O–H groups in total. The van der Waals surface area contributed by atoms with Crippen LogP contribution >= 0.6 is 0 Å². The van der Waals surface area contributed by atoms with Crippen LogP contribution in [0.15, 0.2) is 48.5 Å². The van der Waals surface area contributed by atoms with Gasteiger partial charge in [0, 0.05) is 30.3 Å². The van der Waals surface area contributed by atoms with Crippen LogP contribution in [0.2, 0.25) is 0 Å². The van der Waals surface area contributed by atoms with Crippen LogP contribution in [0.4, 0.5) is 5.69 Å². The van der Waals surface area contributed by atoms with E-state index in [1.165, 1.54) is 17.5 Å². The molecule has 0 radical (unpaired) electrons. The molecular formula is C22H24N2O2. The number of anilines is 1. The zero-order valence-corrected chi connectivity index (χ0v) is 14.9. The standard InChI is InChI=1S/C22H24N2O2/c25-21(23-20-10-9-16-7-4-8-19(16)15-20)17-11-13-24(14-12-17)22(26)18-5-2-1-3-6-18/h1-3,5-6,9-10,15,17H,4,7-8,11-14H2,(H,23,25). The molecule has 1 fully saturated rings. The van der Waals surface area contributed by atoms with E-state index in [9.17, 15) is 9.59 Å². The maximum absolute atomic E-state index is 12.6. The van der Waals surface area contributed by atoms with E-state index in [4.69, 9.17) is 0 Å². The van der Waals surface area contributed by atoms with Crippen molar-refractivity contribution in [2.45, 2.75) is 32.1 Å². The van der Waals surface area contributed by atoms with Crippen molar-refractivity contribution in [2.75, 3.05) is 18.4 Å². The predicted molar refractivity (Wildman–Crippen MR) is 102 cm³/mol. The van der Waals surface area contributed by atoms with Gasteiger partial charge in [-0.25, -0.2) is 0 Å². The number of nitrogens with zero attached hydrogens (tertiary/aromatic N) is 1. The normalized spacial score (nSPS) is 17.0. The maximum Gasteiger partial charge on any atom is 0.253 e. The van der Waals surface area contributed by atoms with E-state index in [0.717, 1.165) is 31.4 Å². The molecule has 4 heteroatoms. The number of piperidine rings is 1. The lowest BCUT2D eigenvalue weighted by atomic mass is 9.95. The number of likely N-dealkylation sites (tertiary alicyclic amines) is 1. The van der Waals surface area contributed by atoms with Crippen LogP contribution in [0, 0.1) is 5.92 Å². The number of aryl methyl sites for hydroxylation is 2. The summed E-state index contributed by atoms with van der Waals surface area (Å²) in [6.45, 7) is 1.27. The van der Waals surface area contributed by atoms with Gasteiger partial charge >= 0.3 is 0 Å². The quantitative estimate of drug-likeness (QED) is 0.920. The molecule has 1 heterocycles. The Hall–Kier alpha value is -2.62. The average Bonchev–Trinajstić information content (AvgIpc) is 3.16. The molecule has 1 aliphatic heterocycles. The fourth-order valence-corrected chi connectivity index (χ4v) is 4.00. The van der Waals surface area contributed by atoms with E-state index >= 15 is 0 Å². The largest absolute Gasteiger partial charge is 0.339 e. The Morgan fingerprint density at radius 2 is 1.65 bits per heavy atom. The first kappa shape index (κ1) is 16.8.